The van der Waals surface area contributed by atoms with E-state index in [0.717, 1.165) is 34.8 Å². The number of benzene rings is 1. The van der Waals surface area contributed by atoms with Crippen LogP contribution in [-0.4, -0.2) is 25.5 Å². The van der Waals surface area contributed by atoms with Crippen LogP contribution in [-0.2, 0) is 6.61 Å². The minimum Gasteiger partial charge on any atom is -0.486 e. The van der Waals surface area contributed by atoms with Gasteiger partial charge in [-0.3, -0.25) is 10.1 Å². The first-order chi connectivity index (χ1) is 14.2. The van der Waals surface area contributed by atoms with Gasteiger partial charge in [-0.15, -0.1) is 10.2 Å². The zero-order valence-electron chi connectivity index (χ0n) is 15.8. The normalized spacial score (nSPS) is 13.6. The molecule has 1 N–H and O–H groups in total. The Balaban J connectivity index is 1.31. The summed E-state index contributed by atoms with van der Waals surface area (Å²) in [6, 6.07) is 11.2. The number of aromatic nitrogens is 4. The molecular weight excluding hydrogens is 386 g/mol. The molecule has 29 heavy (non-hydrogen) atoms. The van der Waals surface area contributed by atoms with E-state index >= 15 is 0 Å². The fraction of sp³-hybridized carbons (Fsp3) is 0.238. The molecule has 1 fully saturated rings. The summed E-state index contributed by atoms with van der Waals surface area (Å²) in [5, 5.41) is 12.6. The topological polar surface area (TPSA) is 81.4 Å². The first kappa shape index (κ1) is 17.8. The van der Waals surface area contributed by atoms with Gasteiger partial charge in [-0.05, 0) is 43.5 Å². The predicted molar refractivity (Wildman–Crippen MR) is 111 cm³/mol. The van der Waals surface area contributed by atoms with E-state index in [4.69, 9.17) is 4.74 Å². The second-order valence-corrected chi connectivity index (χ2v) is 8.12. The Bertz CT molecular complexity index is 1190. The standard InChI is InChI=1S/C21H19N5O2S/c1-13-5-4-10-26-11-15(22-18(13)26)12-28-17-7-3-2-6-16(17)19(27)23-21-25-24-20(29-21)14-8-9-14/h2-7,10-11,14H,8-9,12H2,1H3,(H,23,25,27). The molecule has 3 heterocycles. The molecule has 0 unspecified atom stereocenters. The average molecular weight is 405 g/mol. The molecule has 1 aliphatic rings. The summed E-state index contributed by atoms with van der Waals surface area (Å²) in [7, 11) is 0. The zero-order chi connectivity index (χ0) is 19.8. The van der Waals surface area contributed by atoms with Crippen molar-refractivity contribution in [1.29, 1.82) is 0 Å². The second-order valence-electron chi connectivity index (χ2n) is 7.11. The highest BCUT2D eigenvalue weighted by atomic mass is 32.1. The summed E-state index contributed by atoms with van der Waals surface area (Å²) in [6.07, 6.45) is 6.20. The Kier molecular flexibility index (Phi) is 4.48. The van der Waals surface area contributed by atoms with Crippen LogP contribution >= 0.6 is 11.3 Å². The van der Waals surface area contributed by atoms with Crippen LogP contribution in [0.15, 0.2) is 48.8 Å². The molecule has 1 amide bonds. The van der Waals surface area contributed by atoms with Gasteiger partial charge >= 0.3 is 0 Å². The van der Waals surface area contributed by atoms with Gasteiger partial charge in [-0.2, -0.15) is 0 Å². The van der Waals surface area contributed by atoms with Gasteiger partial charge < -0.3 is 9.14 Å². The number of rotatable bonds is 6. The molecule has 1 aliphatic carbocycles. The van der Waals surface area contributed by atoms with Crippen LogP contribution < -0.4 is 10.1 Å². The number of amides is 1. The molecule has 8 heteroatoms. The average Bonchev–Trinajstić information content (AvgIpc) is 3.32. The molecule has 5 rings (SSSR count). The van der Waals surface area contributed by atoms with E-state index < -0.39 is 0 Å². The SMILES string of the molecule is Cc1cccn2cc(COc3ccccc3C(=O)Nc3nnc(C4CC4)s3)nc12. The largest absolute Gasteiger partial charge is 0.486 e. The van der Waals surface area contributed by atoms with Gasteiger partial charge in [-0.25, -0.2) is 4.98 Å². The van der Waals surface area contributed by atoms with Crippen LogP contribution in [0.5, 0.6) is 5.75 Å². The van der Waals surface area contributed by atoms with Gasteiger partial charge in [0, 0.05) is 18.3 Å². The van der Waals surface area contributed by atoms with Crippen molar-refractivity contribution in [2.75, 3.05) is 5.32 Å². The number of fused-ring (bicyclic) bond motifs is 1. The second kappa shape index (κ2) is 7.29. The van der Waals surface area contributed by atoms with Crippen molar-refractivity contribution in [2.24, 2.45) is 0 Å². The monoisotopic (exact) mass is 405 g/mol. The highest BCUT2D eigenvalue weighted by Gasteiger charge is 2.28. The fourth-order valence-electron chi connectivity index (χ4n) is 3.15. The number of nitrogens with one attached hydrogen (secondary N) is 1. The lowest BCUT2D eigenvalue weighted by Crippen LogP contribution is -2.13. The minimum absolute atomic E-state index is 0.259. The third kappa shape index (κ3) is 3.71. The number of imidazole rings is 1. The minimum atomic E-state index is -0.259. The van der Waals surface area contributed by atoms with E-state index in [1.165, 1.54) is 11.3 Å². The fourth-order valence-corrected chi connectivity index (χ4v) is 4.06. The van der Waals surface area contributed by atoms with Gasteiger partial charge in [0.05, 0.1) is 11.3 Å². The van der Waals surface area contributed by atoms with E-state index in [1.54, 1.807) is 12.1 Å². The predicted octanol–water partition coefficient (Wildman–Crippen LogP) is 4.20. The third-order valence-electron chi connectivity index (χ3n) is 4.82. The van der Waals surface area contributed by atoms with Crippen molar-refractivity contribution >= 4 is 28.0 Å². The molecule has 7 nitrogen and oxygen atoms in total. The Morgan fingerprint density at radius 2 is 2.10 bits per heavy atom. The quantitative estimate of drug-likeness (QED) is 0.520. The highest BCUT2D eigenvalue weighted by molar-refractivity contribution is 7.15. The molecule has 0 atom stereocenters. The summed E-state index contributed by atoms with van der Waals surface area (Å²) in [5.41, 5.74) is 3.25. The van der Waals surface area contributed by atoms with Crippen molar-refractivity contribution in [3.8, 4) is 5.75 Å². The molecule has 0 radical (unpaired) electrons. The van der Waals surface area contributed by atoms with E-state index in [9.17, 15) is 4.79 Å². The van der Waals surface area contributed by atoms with Crippen LogP contribution in [0, 0.1) is 6.92 Å². The maximum Gasteiger partial charge on any atom is 0.261 e. The maximum atomic E-state index is 12.8. The molecular formula is C21H19N5O2S. The molecule has 1 aromatic carbocycles. The smallest absolute Gasteiger partial charge is 0.261 e. The van der Waals surface area contributed by atoms with Gasteiger partial charge in [-0.1, -0.05) is 29.5 Å². The number of pyridine rings is 1. The molecule has 0 bridgehead atoms. The van der Waals surface area contributed by atoms with Crippen molar-refractivity contribution in [3.05, 3.63) is 70.6 Å². The van der Waals surface area contributed by atoms with Crippen LogP contribution in [0.25, 0.3) is 5.65 Å². The Morgan fingerprint density at radius 1 is 1.24 bits per heavy atom. The Labute approximate surface area is 171 Å². The Morgan fingerprint density at radius 3 is 2.93 bits per heavy atom. The number of nitrogens with zero attached hydrogens (tertiary/aromatic N) is 4. The number of para-hydroxylation sites is 1. The lowest BCUT2D eigenvalue weighted by molar-refractivity contribution is 0.102. The van der Waals surface area contributed by atoms with E-state index in [2.05, 4.69) is 20.5 Å². The van der Waals surface area contributed by atoms with Crippen LogP contribution in [0.4, 0.5) is 5.13 Å². The highest BCUT2D eigenvalue weighted by Crippen LogP contribution is 2.42. The number of carbonyl (C=O) groups excluding carboxylic acids is 1. The summed E-state index contributed by atoms with van der Waals surface area (Å²) in [4.78, 5) is 17.4. The summed E-state index contributed by atoms with van der Waals surface area (Å²) >= 11 is 1.44. The number of aryl methyl sites for hydroxylation is 1. The van der Waals surface area contributed by atoms with E-state index in [0.29, 0.717) is 22.4 Å². The number of hydrogen-bond donors (Lipinski definition) is 1. The number of carbonyl (C=O) groups is 1. The van der Waals surface area contributed by atoms with Gasteiger partial charge in [0.2, 0.25) is 5.13 Å². The molecule has 0 spiro atoms. The summed E-state index contributed by atoms with van der Waals surface area (Å²) in [5.74, 6) is 0.762. The molecule has 3 aromatic heterocycles. The molecule has 4 aromatic rings. The van der Waals surface area contributed by atoms with Crippen molar-refractivity contribution in [1.82, 2.24) is 19.6 Å². The van der Waals surface area contributed by atoms with E-state index in [1.807, 2.05) is 48.0 Å². The lowest BCUT2D eigenvalue weighted by atomic mass is 10.2. The van der Waals surface area contributed by atoms with E-state index in [-0.39, 0.29) is 12.5 Å². The Hall–Kier alpha value is -3.26. The van der Waals surface area contributed by atoms with Gasteiger partial charge in [0.1, 0.15) is 23.0 Å². The molecule has 1 saturated carbocycles. The lowest BCUT2D eigenvalue weighted by Gasteiger charge is -2.09. The van der Waals surface area contributed by atoms with Crippen molar-refractivity contribution in [3.63, 3.8) is 0 Å². The first-order valence-corrected chi connectivity index (χ1v) is 10.3. The van der Waals surface area contributed by atoms with Crippen LogP contribution in [0.1, 0.15) is 45.4 Å². The number of hydrogen-bond acceptors (Lipinski definition) is 6. The number of anilines is 1. The van der Waals surface area contributed by atoms with Crippen LogP contribution in [0.2, 0.25) is 0 Å². The van der Waals surface area contributed by atoms with Crippen LogP contribution in [0.3, 0.4) is 0 Å². The van der Waals surface area contributed by atoms with Gasteiger partial charge in [0.15, 0.2) is 0 Å². The van der Waals surface area contributed by atoms with Crippen molar-refractivity contribution in [2.45, 2.75) is 32.3 Å². The maximum absolute atomic E-state index is 12.8. The summed E-state index contributed by atoms with van der Waals surface area (Å²) < 4.78 is 7.91. The first-order valence-electron chi connectivity index (χ1n) is 9.47. The van der Waals surface area contributed by atoms with Crippen molar-refractivity contribution < 1.29 is 9.53 Å². The number of ether oxygens (including phenoxy) is 1. The molecule has 146 valence electrons. The third-order valence-corrected chi connectivity index (χ3v) is 5.82. The van der Waals surface area contributed by atoms with Gasteiger partial charge in [0.25, 0.3) is 5.91 Å². The molecule has 0 saturated heterocycles. The zero-order valence-corrected chi connectivity index (χ0v) is 16.6. The summed E-state index contributed by atoms with van der Waals surface area (Å²) in [6.45, 7) is 2.30. The molecule has 0 aliphatic heterocycles.